The molecule has 0 amide bonds. The monoisotopic (exact) mass is 339 g/mol. The molecule has 2 fully saturated rings. The second kappa shape index (κ2) is 6.59. The van der Waals surface area contributed by atoms with Gasteiger partial charge in [0.1, 0.15) is 6.10 Å². The Morgan fingerprint density at radius 1 is 1.38 bits per heavy atom. The van der Waals surface area contributed by atoms with Crippen molar-refractivity contribution in [1.82, 2.24) is 4.90 Å². The molecule has 5 nitrogen and oxygen atoms in total. The van der Waals surface area contributed by atoms with Crippen LogP contribution in [0.5, 0.6) is 5.75 Å². The van der Waals surface area contributed by atoms with Crippen LogP contribution in [0.25, 0.3) is 0 Å². The van der Waals surface area contributed by atoms with E-state index >= 15 is 0 Å². The molecule has 2 N–H and O–H groups in total. The molecule has 6 heteroatoms. The molecule has 0 saturated carbocycles. The molecule has 1 spiro atoms. The van der Waals surface area contributed by atoms with Crippen LogP contribution >= 0.6 is 0 Å². The fraction of sp³-hybridized carbons (Fsp3) is 0.667. The van der Waals surface area contributed by atoms with Gasteiger partial charge in [-0.2, -0.15) is 0 Å². The highest BCUT2D eigenvalue weighted by molar-refractivity contribution is 5.30. The average Bonchev–Trinajstić information content (AvgIpc) is 2.55. The van der Waals surface area contributed by atoms with Crippen LogP contribution in [-0.4, -0.2) is 59.2 Å². The van der Waals surface area contributed by atoms with Gasteiger partial charge in [-0.05, 0) is 37.5 Å². The van der Waals surface area contributed by atoms with E-state index in [9.17, 15) is 14.6 Å². The van der Waals surface area contributed by atoms with Gasteiger partial charge in [0.25, 0.3) is 0 Å². The maximum Gasteiger partial charge on any atom is 0.165 e. The lowest BCUT2D eigenvalue weighted by Gasteiger charge is -2.50. The first-order valence-electron chi connectivity index (χ1n) is 8.43. The van der Waals surface area contributed by atoms with Crippen molar-refractivity contribution in [3.05, 3.63) is 29.6 Å². The second-order valence-electron chi connectivity index (χ2n) is 7.29. The first-order chi connectivity index (χ1) is 11.3. The fourth-order valence-corrected chi connectivity index (χ4v) is 3.76. The molecule has 134 valence electrons. The third kappa shape index (κ3) is 3.57. The lowest BCUT2D eigenvalue weighted by molar-refractivity contribution is -0.223. The van der Waals surface area contributed by atoms with Gasteiger partial charge in [0.2, 0.25) is 0 Å². The molecule has 0 aliphatic carbocycles. The Labute approximate surface area is 142 Å². The molecule has 2 aliphatic rings. The number of aliphatic hydroxyl groups excluding tert-OH is 1. The van der Waals surface area contributed by atoms with Gasteiger partial charge in [0.15, 0.2) is 11.6 Å². The molecular formula is C18H26FNO4. The molecule has 0 unspecified atom stereocenters. The number of aliphatic hydroxyl groups is 2. The molecule has 2 atom stereocenters. The normalized spacial score (nSPS) is 30.5. The number of methoxy groups -OCH3 is 1. The zero-order chi connectivity index (χ0) is 17.4. The van der Waals surface area contributed by atoms with Gasteiger partial charge >= 0.3 is 0 Å². The highest BCUT2D eigenvalue weighted by Gasteiger charge is 2.48. The average molecular weight is 339 g/mol. The van der Waals surface area contributed by atoms with Crippen LogP contribution in [0.1, 0.15) is 31.7 Å². The van der Waals surface area contributed by atoms with Crippen LogP contribution in [0, 0.1) is 5.82 Å². The Morgan fingerprint density at radius 2 is 2.08 bits per heavy atom. The van der Waals surface area contributed by atoms with Crippen LogP contribution < -0.4 is 4.74 Å². The molecule has 2 aliphatic heterocycles. The fourth-order valence-electron chi connectivity index (χ4n) is 3.76. The number of ether oxygens (including phenoxy) is 2. The maximum atomic E-state index is 13.5. The van der Waals surface area contributed by atoms with Crippen molar-refractivity contribution in [3.8, 4) is 5.75 Å². The first kappa shape index (κ1) is 17.6. The largest absolute Gasteiger partial charge is 0.494 e. The Morgan fingerprint density at radius 3 is 2.71 bits per heavy atom. The third-order valence-corrected chi connectivity index (χ3v) is 5.33. The molecule has 1 aromatic rings. The second-order valence-corrected chi connectivity index (χ2v) is 7.29. The number of hydrogen-bond acceptors (Lipinski definition) is 5. The molecular weight excluding hydrogens is 313 g/mol. The number of rotatable bonds is 3. The lowest BCUT2D eigenvalue weighted by Crippen LogP contribution is -2.59. The molecule has 3 rings (SSSR count). The summed E-state index contributed by atoms with van der Waals surface area (Å²) in [7, 11) is 1.47. The zero-order valence-electron chi connectivity index (χ0n) is 14.3. The summed E-state index contributed by atoms with van der Waals surface area (Å²) >= 11 is 0. The summed E-state index contributed by atoms with van der Waals surface area (Å²) in [4.78, 5) is 2.29. The van der Waals surface area contributed by atoms with Gasteiger partial charge in [0, 0.05) is 26.1 Å². The van der Waals surface area contributed by atoms with Crippen molar-refractivity contribution in [3.63, 3.8) is 0 Å². The van der Waals surface area contributed by atoms with E-state index in [1.807, 2.05) is 0 Å². The molecule has 2 heterocycles. The smallest absolute Gasteiger partial charge is 0.165 e. The van der Waals surface area contributed by atoms with E-state index in [0.717, 1.165) is 38.0 Å². The number of likely N-dealkylation sites (tertiary alicyclic amines) is 1. The molecule has 0 aromatic heterocycles. The van der Waals surface area contributed by atoms with E-state index < -0.39 is 11.7 Å². The molecule has 2 saturated heterocycles. The summed E-state index contributed by atoms with van der Waals surface area (Å²) in [6.45, 7) is 4.27. The van der Waals surface area contributed by atoms with E-state index in [2.05, 4.69) is 4.90 Å². The lowest BCUT2D eigenvalue weighted by atomic mass is 9.76. The van der Waals surface area contributed by atoms with Crippen molar-refractivity contribution in [2.45, 2.75) is 50.0 Å². The predicted molar refractivity (Wildman–Crippen MR) is 87.4 cm³/mol. The zero-order valence-corrected chi connectivity index (χ0v) is 14.3. The Bertz CT molecular complexity index is 584. The van der Waals surface area contributed by atoms with Crippen LogP contribution in [0.3, 0.4) is 0 Å². The summed E-state index contributed by atoms with van der Waals surface area (Å²) in [5.74, 6) is -0.0862. The summed E-state index contributed by atoms with van der Waals surface area (Å²) in [6.07, 6.45) is 1.26. The minimum absolute atomic E-state index is 0.183. The van der Waals surface area contributed by atoms with Gasteiger partial charge in [-0.15, -0.1) is 0 Å². The minimum Gasteiger partial charge on any atom is -0.494 e. The molecule has 24 heavy (non-hydrogen) atoms. The van der Waals surface area contributed by atoms with Gasteiger partial charge in [-0.25, -0.2) is 4.39 Å². The van der Waals surface area contributed by atoms with Crippen LogP contribution in [0.4, 0.5) is 4.39 Å². The molecule has 0 radical (unpaired) electrons. The Balaban J connectivity index is 1.59. The van der Waals surface area contributed by atoms with E-state index in [4.69, 9.17) is 9.47 Å². The van der Waals surface area contributed by atoms with Gasteiger partial charge < -0.3 is 19.7 Å². The Kier molecular flexibility index (Phi) is 4.84. The van der Waals surface area contributed by atoms with Crippen molar-refractivity contribution in [2.24, 2.45) is 0 Å². The van der Waals surface area contributed by atoms with Gasteiger partial charge in [0.05, 0.1) is 24.9 Å². The highest BCUT2D eigenvalue weighted by Crippen LogP contribution is 2.39. The SMILES string of the molecule is COc1cc(CN2CCC3(CC2)C[C@](C)(O)[C@@H](O)CO3)ccc1F. The van der Waals surface area contributed by atoms with E-state index in [-0.39, 0.29) is 23.8 Å². The summed E-state index contributed by atoms with van der Waals surface area (Å²) in [6, 6.07) is 4.95. The quantitative estimate of drug-likeness (QED) is 0.878. The van der Waals surface area contributed by atoms with Crippen molar-refractivity contribution >= 4 is 0 Å². The van der Waals surface area contributed by atoms with Gasteiger partial charge in [-0.1, -0.05) is 6.07 Å². The highest BCUT2D eigenvalue weighted by atomic mass is 19.1. The number of piperidine rings is 1. The molecule has 1 aromatic carbocycles. The third-order valence-electron chi connectivity index (χ3n) is 5.33. The van der Waals surface area contributed by atoms with Crippen molar-refractivity contribution in [1.29, 1.82) is 0 Å². The summed E-state index contributed by atoms with van der Waals surface area (Å²) in [5, 5.41) is 20.2. The van der Waals surface area contributed by atoms with Gasteiger partial charge in [-0.3, -0.25) is 4.90 Å². The van der Waals surface area contributed by atoms with Crippen molar-refractivity contribution in [2.75, 3.05) is 26.8 Å². The number of halogens is 1. The number of nitrogens with zero attached hydrogens (tertiary/aromatic N) is 1. The topological polar surface area (TPSA) is 62.2 Å². The Hall–Kier alpha value is -1.21. The van der Waals surface area contributed by atoms with E-state index in [0.29, 0.717) is 6.42 Å². The van der Waals surface area contributed by atoms with Crippen LogP contribution in [-0.2, 0) is 11.3 Å². The van der Waals surface area contributed by atoms with Crippen LogP contribution in [0.15, 0.2) is 18.2 Å². The van der Waals surface area contributed by atoms with E-state index in [1.54, 1.807) is 19.1 Å². The van der Waals surface area contributed by atoms with Crippen LogP contribution in [0.2, 0.25) is 0 Å². The first-order valence-corrected chi connectivity index (χ1v) is 8.43. The maximum absolute atomic E-state index is 13.5. The molecule has 0 bridgehead atoms. The van der Waals surface area contributed by atoms with Crippen molar-refractivity contribution < 1.29 is 24.1 Å². The number of benzene rings is 1. The summed E-state index contributed by atoms with van der Waals surface area (Å²) in [5.41, 5.74) is -0.430. The van der Waals surface area contributed by atoms with E-state index in [1.165, 1.54) is 13.2 Å². The minimum atomic E-state index is -1.09. The standard InChI is InChI=1S/C18H26FNO4/c1-17(22)12-18(24-11-16(17)21)5-7-20(8-6-18)10-13-3-4-14(19)15(9-13)23-2/h3-4,9,16,21-22H,5-8,10-12H2,1-2H3/t16-,17-/m0/s1. The number of hydrogen-bond donors (Lipinski definition) is 2. The predicted octanol–water partition coefficient (Wildman–Crippen LogP) is 1.70. The summed E-state index contributed by atoms with van der Waals surface area (Å²) < 4.78 is 24.4.